The van der Waals surface area contributed by atoms with E-state index in [2.05, 4.69) is 73.7 Å². The number of hydrogen-bond acceptors (Lipinski definition) is 2. The molecule has 2 aromatic rings. The zero-order valence-corrected chi connectivity index (χ0v) is 15.0. The predicted octanol–water partition coefficient (Wildman–Crippen LogP) is 5.21. The van der Waals surface area contributed by atoms with Gasteiger partial charge in [-0.1, -0.05) is 69.8 Å². The molecule has 0 radical (unpaired) electrons. The number of rotatable bonds is 3. The van der Waals surface area contributed by atoms with Gasteiger partial charge in [-0.25, -0.2) is 9.97 Å². The third-order valence-corrected chi connectivity index (χ3v) is 4.47. The highest BCUT2D eigenvalue weighted by atomic mass is 79.9. The van der Waals surface area contributed by atoms with Crippen LogP contribution < -0.4 is 0 Å². The molecule has 90 valence electrons. The quantitative estimate of drug-likeness (QED) is 0.556. The largest absolute Gasteiger partial charge is 0.248 e. The zero-order chi connectivity index (χ0) is 12.4. The SMILES string of the molecule is BrCc1nc2ccc(C(Br)Br)cc2nc1CBr. The fourth-order valence-electron chi connectivity index (χ4n) is 1.49. The molecule has 0 saturated carbocycles. The summed E-state index contributed by atoms with van der Waals surface area (Å²) in [5.74, 6) is 0. The van der Waals surface area contributed by atoms with E-state index < -0.39 is 0 Å². The first-order chi connectivity index (χ1) is 8.15. The Morgan fingerprint density at radius 2 is 1.53 bits per heavy atom. The van der Waals surface area contributed by atoms with Gasteiger partial charge in [-0.05, 0) is 17.7 Å². The van der Waals surface area contributed by atoms with E-state index in [4.69, 9.17) is 0 Å². The average molecular weight is 488 g/mol. The first-order valence-electron chi connectivity index (χ1n) is 4.85. The summed E-state index contributed by atoms with van der Waals surface area (Å²) >= 11 is 13.8. The molecular formula is C11H8Br4N2. The summed E-state index contributed by atoms with van der Waals surface area (Å²) in [7, 11) is 0. The number of alkyl halides is 4. The minimum absolute atomic E-state index is 0.143. The van der Waals surface area contributed by atoms with E-state index in [9.17, 15) is 0 Å². The van der Waals surface area contributed by atoms with E-state index in [1.54, 1.807) is 0 Å². The highest BCUT2D eigenvalue weighted by Gasteiger charge is 2.09. The van der Waals surface area contributed by atoms with Crippen LogP contribution in [0.2, 0.25) is 0 Å². The lowest BCUT2D eigenvalue weighted by molar-refractivity contribution is 1.08. The molecule has 0 aliphatic heterocycles. The highest BCUT2D eigenvalue weighted by Crippen LogP contribution is 2.30. The molecule has 17 heavy (non-hydrogen) atoms. The first-order valence-corrected chi connectivity index (χ1v) is 8.92. The molecule has 1 aromatic heterocycles. The van der Waals surface area contributed by atoms with Crippen molar-refractivity contribution >= 4 is 74.8 Å². The molecule has 2 nitrogen and oxygen atoms in total. The van der Waals surface area contributed by atoms with Gasteiger partial charge in [-0.3, -0.25) is 0 Å². The summed E-state index contributed by atoms with van der Waals surface area (Å²) < 4.78 is 0.143. The van der Waals surface area contributed by atoms with Crippen molar-refractivity contribution in [2.24, 2.45) is 0 Å². The number of halogens is 4. The molecule has 0 spiro atoms. The average Bonchev–Trinajstić information content (AvgIpc) is 2.36. The topological polar surface area (TPSA) is 25.8 Å². The van der Waals surface area contributed by atoms with Crippen LogP contribution in [0.15, 0.2) is 18.2 Å². The Hall–Kier alpha value is 0.480. The molecule has 0 bridgehead atoms. The van der Waals surface area contributed by atoms with Crippen molar-refractivity contribution in [3.8, 4) is 0 Å². The van der Waals surface area contributed by atoms with Crippen LogP contribution in [-0.2, 0) is 10.7 Å². The van der Waals surface area contributed by atoms with Crippen molar-refractivity contribution in [3.05, 3.63) is 35.2 Å². The van der Waals surface area contributed by atoms with Crippen LogP contribution in [0, 0.1) is 0 Å². The Kier molecular flexibility index (Phi) is 4.97. The molecule has 0 saturated heterocycles. The minimum atomic E-state index is 0.143. The Morgan fingerprint density at radius 1 is 0.941 bits per heavy atom. The number of nitrogens with zero attached hydrogens (tertiary/aromatic N) is 2. The second kappa shape index (κ2) is 6.08. The van der Waals surface area contributed by atoms with Gasteiger partial charge in [0, 0.05) is 10.7 Å². The third-order valence-electron chi connectivity index (χ3n) is 2.35. The van der Waals surface area contributed by atoms with Crippen LogP contribution in [0.5, 0.6) is 0 Å². The second-order valence-electron chi connectivity index (χ2n) is 3.43. The molecule has 0 amide bonds. The Morgan fingerprint density at radius 3 is 2.06 bits per heavy atom. The molecule has 6 heteroatoms. The lowest BCUT2D eigenvalue weighted by Gasteiger charge is -2.07. The molecule has 2 rings (SSSR count). The van der Waals surface area contributed by atoms with Gasteiger partial charge in [-0.15, -0.1) is 0 Å². The molecule has 0 unspecified atom stereocenters. The van der Waals surface area contributed by atoms with E-state index in [1.165, 1.54) is 0 Å². The predicted molar refractivity (Wildman–Crippen MR) is 85.4 cm³/mol. The van der Waals surface area contributed by atoms with Crippen LogP contribution in [0.1, 0.15) is 20.7 Å². The van der Waals surface area contributed by atoms with Gasteiger partial charge < -0.3 is 0 Å². The van der Waals surface area contributed by atoms with Gasteiger partial charge >= 0.3 is 0 Å². The number of fused-ring (bicyclic) bond motifs is 1. The Balaban J connectivity index is 2.62. The number of aromatic nitrogens is 2. The molecule has 0 atom stereocenters. The van der Waals surface area contributed by atoms with Crippen molar-refractivity contribution in [2.75, 3.05) is 0 Å². The smallest absolute Gasteiger partial charge is 0.0947 e. The van der Waals surface area contributed by atoms with Crippen LogP contribution in [0.3, 0.4) is 0 Å². The standard InChI is InChI=1S/C11H8Br4N2/c12-4-9-10(5-13)17-8-3-6(11(14)15)1-2-7(8)16-9/h1-3,11H,4-5H2. The van der Waals surface area contributed by atoms with Crippen molar-refractivity contribution in [3.63, 3.8) is 0 Å². The van der Waals surface area contributed by atoms with Gasteiger partial charge in [0.25, 0.3) is 0 Å². The monoisotopic (exact) mass is 484 g/mol. The fourth-order valence-corrected chi connectivity index (χ4v) is 2.96. The molecule has 0 aliphatic rings. The van der Waals surface area contributed by atoms with Gasteiger partial charge in [-0.2, -0.15) is 0 Å². The molecule has 0 N–H and O–H groups in total. The van der Waals surface area contributed by atoms with E-state index in [1.807, 2.05) is 18.2 Å². The lowest BCUT2D eigenvalue weighted by atomic mass is 10.2. The van der Waals surface area contributed by atoms with Crippen molar-refractivity contribution in [1.29, 1.82) is 0 Å². The van der Waals surface area contributed by atoms with Crippen molar-refractivity contribution in [1.82, 2.24) is 9.97 Å². The second-order valence-corrected chi connectivity index (χ2v) is 7.61. The fraction of sp³-hybridized carbons (Fsp3) is 0.273. The van der Waals surface area contributed by atoms with E-state index in [0.29, 0.717) is 5.33 Å². The third kappa shape index (κ3) is 3.08. The lowest BCUT2D eigenvalue weighted by Crippen LogP contribution is -1.99. The van der Waals surface area contributed by atoms with Crippen LogP contribution in [0.25, 0.3) is 11.0 Å². The maximum Gasteiger partial charge on any atom is 0.0947 e. The zero-order valence-electron chi connectivity index (χ0n) is 8.63. The van der Waals surface area contributed by atoms with E-state index >= 15 is 0 Å². The summed E-state index contributed by atoms with van der Waals surface area (Å²) in [5, 5.41) is 1.44. The van der Waals surface area contributed by atoms with Gasteiger partial charge in [0.05, 0.1) is 26.2 Å². The van der Waals surface area contributed by atoms with Crippen molar-refractivity contribution < 1.29 is 0 Å². The highest BCUT2D eigenvalue weighted by molar-refractivity contribution is 9.24. The van der Waals surface area contributed by atoms with E-state index in [0.717, 1.165) is 33.3 Å². The van der Waals surface area contributed by atoms with Crippen molar-refractivity contribution in [2.45, 2.75) is 14.4 Å². The summed E-state index contributed by atoms with van der Waals surface area (Å²) in [6, 6.07) is 6.08. The van der Waals surface area contributed by atoms with Crippen LogP contribution in [0.4, 0.5) is 0 Å². The molecule has 0 aliphatic carbocycles. The van der Waals surface area contributed by atoms with Crippen LogP contribution in [-0.4, -0.2) is 9.97 Å². The summed E-state index contributed by atoms with van der Waals surface area (Å²) in [6.07, 6.45) is 0. The van der Waals surface area contributed by atoms with E-state index in [-0.39, 0.29) is 3.74 Å². The maximum atomic E-state index is 4.63. The molecule has 0 fully saturated rings. The van der Waals surface area contributed by atoms with Crippen LogP contribution >= 0.6 is 63.7 Å². The number of benzene rings is 1. The van der Waals surface area contributed by atoms with Gasteiger partial charge in [0.2, 0.25) is 0 Å². The number of hydrogen-bond donors (Lipinski definition) is 0. The Bertz CT molecular complexity index is 542. The minimum Gasteiger partial charge on any atom is -0.248 e. The molecular weight excluding hydrogens is 480 g/mol. The summed E-state index contributed by atoms with van der Waals surface area (Å²) in [6.45, 7) is 0. The first kappa shape index (κ1) is 13.9. The van der Waals surface area contributed by atoms with Gasteiger partial charge in [0.1, 0.15) is 0 Å². The molecule has 1 heterocycles. The summed E-state index contributed by atoms with van der Waals surface area (Å²) in [5.41, 5.74) is 4.95. The van der Waals surface area contributed by atoms with Gasteiger partial charge in [0.15, 0.2) is 0 Å². The Labute approximate surface area is 133 Å². The normalized spacial score (nSPS) is 11.4. The summed E-state index contributed by atoms with van der Waals surface area (Å²) in [4.78, 5) is 9.22. The molecule has 1 aromatic carbocycles. The maximum absolute atomic E-state index is 4.63.